The summed E-state index contributed by atoms with van der Waals surface area (Å²) in [6.07, 6.45) is 3.84. The van der Waals surface area contributed by atoms with E-state index in [1.807, 2.05) is 26.0 Å². The highest BCUT2D eigenvalue weighted by atomic mass is 16.5. The van der Waals surface area contributed by atoms with Gasteiger partial charge in [-0.15, -0.1) is 0 Å². The van der Waals surface area contributed by atoms with Crippen molar-refractivity contribution in [2.24, 2.45) is 5.92 Å². The van der Waals surface area contributed by atoms with Crippen LogP contribution < -0.4 is 9.47 Å². The molecule has 0 amide bonds. The van der Waals surface area contributed by atoms with Gasteiger partial charge < -0.3 is 9.47 Å². The SMILES string of the molecule is CCC(CC)Cc1ccc(OCc2ccc(OC(C)C)cc2)cc1. The topological polar surface area (TPSA) is 18.5 Å². The zero-order chi connectivity index (χ0) is 17.4. The monoisotopic (exact) mass is 326 g/mol. The lowest BCUT2D eigenvalue weighted by molar-refractivity contribution is 0.242. The molecule has 2 aromatic rings. The van der Waals surface area contributed by atoms with Crippen molar-refractivity contribution in [3.8, 4) is 11.5 Å². The van der Waals surface area contributed by atoms with Gasteiger partial charge in [0, 0.05) is 0 Å². The predicted molar refractivity (Wildman–Crippen MR) is 101 cm³/mol. The van der Waals surface area contributed by atoms with Crippen molar-refractivity contribution >= 4 is 0 Å². The highest BCUT2D eigenvalue weighted by molar-refractivity contribution is 5.30. The molecule has 0 N–H and O–H groups in total. The Morgan fingerprint density at radius 2 is 1.29 bits per heavy atom. The first-order valence-corrected chi connectivity index (χ1v) is 9.08. The van der Waals surface area contributed by atoms with Crippen LogP contribution >= 0.6 is 0 Å². The minimum absolute atomic E-state index is 0.200. The molecule has 0 bridgehead atoms. The van der Waals surface area contributed by atoms with Crippen LogP contribution in [0.3, 0.4) is 0 Å². The Labute approximate surface area is 146 Å². The van der Waals surface area contributed by atoms with Crippen molar-refractivity contribution in [2.45, 2.75) is 59.7 Å². The van der Waals surface area contributed by atoms with Crippen LogP contribution in [0.4, 0.5) is 0 Å². The van der Waals surface area contributed by atoms with Crippen molar-refractivity contribution in [2.75, 3.05) is 0 Å². The molecule has 0 fully saturated rings. The van der Waals surface area contributed by atoms with Crippen LogP contribution in [-0.4, -0.2) is 6.10 Å². The summed E-state index contributed by atoms with van der Waals surface area (Å²) in [5.74, 6) is 2.61. The Bertz CT molecular complexity index is 580. The first-order chi connectivity index (χ1) is 11.6. The lowest BCUT2D eigenvalue weighted by atomic mass is 9.95. The van der Waals surface area contributed by atoms with Crippen LogP contribution in [-0.2, 0) is 13.0 Å². The highest BCUT2D eigenvalue weighted by Gasteiger charge is 2.05. The second kappa shape index (κ2) is 9.36. The third kappa shape index (κ3) is 5.92. The Morgan fingerprint density at radius 3 is 1.83 bits per heavy atom. The van der Waals surface area contributed by atoms with E-state index in [1.165, 1.54) is 18.4 Å². The van der Waals surface area contributed by atoms with Crippen molar-refractivity contribution in [3.05, 3.63) is 59.7 Å². The molecule has 0 spiro atoms. The Hall–Kier alpha value is -1.96. The second-order valence-electron chi connectivity index (χ2n) is 6.63. The zero-order valence-corrected chi connectivity index (χ0v) is 15.4. The van der Waals surface area contributed by atoms with Gasteiger partial charge in [0.05, 0.1) is 6.10 Å². The Morgan fingerprint density at radius 1 is 0.750 bits per heavy atom. The fraction of sp³-hybridized carbons (Fsp3) is 0.455. The zero-order valence-electron chi connectivity index (χ0n) is 15.4. The maximum Gasteiger partial charge on any atom is 0.119 e. The van der Waals surface area contributed by atoms with Crippen LogP contribution in [0.25, 0.3) is 0 Å². The second-order valence-corrected chi connectivity index (χ2v) is 6.63. The van der Waals surface area contributed by atoms with E-state index in [9.17, 15) is 0 Å². The summed E-state index contributed by atoms with van der Waals surface area (Å²) in [6.45, 7) is 9.17. The number of hydrogen-bond acceptors (Lipinski definition) is 2. The molecule has 0 aliphatic heterocycles. The average Bonchev–Trinajstić information content (AvgIpc) is 2.59. The fourth-order valence-corrected chi connectivity index (χ4v) is 2.74. The summed E-state index contributed by atoms with van der Waals surface area (Å²) in [7, 11) is 0. The van der Waals surface area contributed by atoms with Gasteiger partial charge in [-0.05, 0) is 61.6 Å². The quantitative estimate of drug-likeness (QED) is 0.560. The maximum atomic E-state index is 5.88. The molecule has 0 saturated carbocycles. The first-order valence-electron chi connectivity index (χ1n) is 9.08. The molecule has 2 rings (SSSR count). The van der Waals surface area contributed by atoms with Gasteiger partial charge in [0.2, 0.25) is 0 Å². The molecule has 2 heteroatoms. The smallest absolute Gasteiger partial charge is 0.119 e. The average molecular weight is 326 g/mol. The number of ether oxygens (including phenoxy) is 2. The van der Waals surface area contributed by atoms with Gasteiger partial charge in [0.1, 0.15) is 18.1 Å². The van der Waals surface area contributed by atoms with Crippen molar-refractivity contribution < 1.29 is 9.47 Å². The van der Waals surface area contributed by atoms with Crippen molar-refractivity contribution in [1.29, 1.82) is 0 Å². The minimum atomic E-state index is 0.200. The first kappa shape index (κ1) is 18.4. The van der Waals surface area contributed by atoms with Crippen LogP contribution in [0, 0.1) is 5.92 Å². The van der Waals surface area contributed by atoms with Gasteiger partial charge in [0.15, 0.2) is 0 Å². The summed E-state index contributed by atoms with van der Waals surface area (Å²) < 4.78 is 11.5. The van der Waals surface area contributed by atoms with Gasteiger partial charge >= 0.3 is 0 Å². The number of rotatable bonds is 9. The molecule has 0 radical (unpaired) electrons. The molecule has 0 atom stereocenters. The third-order valence-electron chi connectivity index (χ3n) is 4.30. The molecule has 0 aliphatic carbocycles. The van der Waals surface area contributed by atoms with Crippen LogP contribution in [0.1, 0.15) is 51.7 Å². The van der Waals surface area contributed by atoms with E-state index in [-0.39, 0.29) is 6.10 Å². The van der Waals surface area contributed by atoms with E-state index in [1.54, 1.807) is 0 Å². The van der Waals surface area contributed by atoms with Gasteiger partial charge in [0.25, 0.3) is 0 Å². The minimum Gasteiger partial charge on any atom is -0.491 e. The van der Waals surface area contributed by atoms with E-state index in [0.717, 1.165) is 29.4 Å². The van der Waals surface area contributed by atoms with Crippen molar-refractivity contribution in [1.82, 2.24) is 0 Å². The molecular formula is C22H30O2. The number of benzene rings is 2. The molecule has 2 aromatic carbocycles. The molecule has 24 heavy (non-hydrogen) atoms. The maximum absolute atomic E-state index is 5.88. The summed E-state index contributed by atoms with van der Waals surface area (Å²) in [6, 6.07) is 16.6. The number of hydrogen-bond donors (Lipinski definition) is 0. The van der Waals surface area contributed by atoms with E-state index in [2.05, 4.69) is 50.2 Å². The Balaban J connectivity index is 1.85. The van der Waals surface area contributed by atoms with Gasteiger partial charge in [-0.1, -0.05) is 51.0 Å². The lowest BCUT2D eigenvalue weighted by Gasteiger charge is -2.13. The molecular weight excluding hydrogens is 296 g/mol. The van der Waals surface area contributed by atoms with E-state index >= 15 is 0 Å². The van der Waals surface area contributed by atoms with Gasteiger partial charge in [-0.2, -0.15) is 0 Å². The summed E-state index contributed by atoms with van der Waals surface area (Å²) >= 11 is 0. The highest BCUT2D eigenvalue weighted by Crippen LogP contribution is 2.20. The van der Waals surface area contributed by atoms with E-state index in [0.29, 0.717) is 6.61 Å². The van der Waals surface area contributed by atoms with Crippen molar-refractivity contribution in [3.63, 3.8) is 0 Å². The standard InChI is InChI=1S/C22H30O2/c1-5-18(6-2)15-19-7-11-21(12-8-19)23-16-20-9-13-22(14-10-20)24-17(3)4/h7-14,17-18H,5-6,15-16H2,1-4H3. The molecule has 2 nitrogen and oxygen atoms in total. The lowest BCUT2D eigenvalue weighted by Crippen LogP contribution is -2.05. The Kier molecular flexibility index (Phi) is 7.17. The molecule has 0 saturated heterocycles. The third-order valence-corrected chi connectivity index (χ3v) is 4.30. The van der Waals surface area contributed by atoms with Gasteiger partial charge in [-0.3, -0.25) is 0 Å². The fourth-order valence-electron chi connectivity index (χ4n) is 2.74. The molecule has 0 aliphatic rings. The van der Waals surface area contributed by atoms with Crippen LogP contribution in [0.2, 0.25) is 0 Å². The molecule has 0 heterocycles. The van der Waals surface area contributed by atoms with E-state index in [4.69, 9.17) is 9.47 Å². The van der Waals surface area contributed by atoms with E-state index < -0.39 is 0 Å². The largest absolute Gasteiger partial charge is 0.491 e. The molecule has 0 unspecified atom stereocenters. The summed E-state index contributed by atoms with van der Waals surface area (Å²) in [4.78, 5) is 0. The molecule has 130 valence electrons. The van der Waals surface area contributed by atoms with Crippen LogP contribution in [0.15, 0.2) is 48.5 Å². The summed E-state index contributed by atoms with van der Waals surface area (Å²) in [5, 5.41) is 0. The van der Waals surface area contributed by atoms with Gasteiger partial charge in [-0.25, -0.2) is 0 Å². The predicted octanol–water partition coefficient (Wildman–Crippen LogP) is 6.03. The normalized spacial score (nSPS) is 11.1. The summed E-state index contributed by atoms with van der Waals surface area (Å²) in [5.41, 5.74) is 2.54. The van der Waals surface area contributed by atoms with Crippen LogP contribution in [0.5, 0.6) is 11.5 Å². The molecule has 0 aromatic heterocycles.